The van der Waals surface area contributed by atoms with Crippen molar-refractivity contribution in [2.45, 2.75) is 44.9 Å². The van der Waals surface area contributed by atoms with Crippen molar-refractivity contribution in [2.75, 3.05) is 81.4 Å². The second-order valence-electron chi connectivity index (χ2n) is 23.9. The van der Waals surface area contributed by atoms with Crippen molar-refractivity contribution in [3.8, 4) is 0 Å². The number of rotatable bonds is 18. The number of hydrogen-bond acceptors (Lipinski definition) is 14. The van der Waals surface area contributed by atoms with Crippen molar-refractivity contribution in [1.29, 1.82) is 16.2 Å². The minimum Gasteiger partial charge on any atom is -0.357 e. The lowest BCUT2D eigenvalue weighted by Gasteiger charge is -2.29. The Bertz CT molecular complexity index is 4190. The highest BCUT2D eigenvalue weighted by molar-refractivity contribution is 9.10. The first-order valence-electron chi connectivity index (χ1n) is 32.9. The Balaban J connectivity index is 0.000000162. The summed E-state index contributed by atoms with van der Waals surface area (Å²) in [7, 11) is 0. The third-order valence-electron chi connectivity index (χ3n) is 16.9. The molecular formula is C77H75Br2ClN14O6. The highest BCUT2D eigenvalue weighted by Gasteiger charge is 2.23. The molecule has 100 heavy (non-hydrogen) atoms. The molecule has 0 bridgehead atoms. The standard InChI is InChI=1S/C26H26BrN5O2.C26H25ClN4O2.C25H24BrN5O2/c27-21-10-11-24(30-17-21)31-26(34)22-5-2-1-4-20(22)16-23(33)18-6-8-19(9-7-18)25(28)32-14-3-12-29-13-15-32;27-21-12-13-24(29-17-21)30-26(33)22-7-3-2-6-20(22)16-23(32)18-8-10-19(11-9-18)25(28)31-14-4-1-5-15-31;26-20-9-10-23(29-16-20)30-25(33)21-4-2-1-3-19(21)15-22(32)17-5-7-18(8-6-17)24(27)31-13-11-28-12-14-31/h1-2,4-11,17,28-29H,3,12-16H2,(H,30,31,34);2-3,6-13,17,28H,1,4-5,14-16H2,(H,29,30,33);1-10,16,27-28H,11-15H2,(H,29,30,33). The SMILES string of the molecule is N=C(c1ccc(C(=O)Cc2ccccc2C(=O)Nc2ccc(Br)cn2)cc1)N1CCCNCC1.N=C(c1ccc(C(=O)Cc2ccccc2C(=O)Nc2ccc(Br)cn2)cc1)N1CCNCC1.N=C(c1ccc(C(=O)Cc2ccccc2C(=O)Nc2ccc(Cl)cn2)cc1)N1CCCCC1. The van der Waals surface area contributed by atoms with E-state index in [1.165, 1.54) is 12.6 Å². The number of amidine groups is 3. The number of nitrogens with zero attached hydrogens (tertiary/aromatic N) is 6. The van der Waals surface area contributed by atoms with Crippen LogP contribution in [0.4, 0.5) is 17.5 Å². The zero-order chi connectivity index (χ0) is 70.3. The molecule has 8 N–H and O–H groups in total. The van der Waals surface area contributed by atoms with Crippen LogP contribution in [0.2, 0.25) is 5.02 Å². The van der Waals surface area contributed by atoms with Gasteiger partial charge in [-0.25, -0.2) is 15.0 Å². The van der Waals surface area contributed by atoms with Gasteiger partial charge in [0.15, 0.2) is 17.3 Å². The number of pyridine rings is 3. The Hall–Kier alpha value is -10.2. The molecule has 0 radical (unpaired) electrons. The van der Waals surface area contributed by atoms with Gasteiger partial charge in [0.25, 0.3) is 17.7 Å². The van der Waals surface area contributed by atoms with Gasteiger partial charge in [0, 0.05) is 156 Å². The number of halogens is 3. The molecule has 3 aliphatic rings. The van der Waals surface area contributed by atoms with Crippen LogP contribution in [0.1, 0.15) is 121 Å². The first-order chi connectivity index (χ1) is 48.5. The predicted octanol–water partition coefficient (Wildman–Crippen LogP) is 13.1. The van der Waals surface area contributed by atoms with Crippen LogP contribution in [0.15, 0.2) is 210 Å². The number of nitrogens with one attached hydrogen (secondary N) is 8. The molecule has 0 saturated carbocycles. The Morgan fingerprint density at radius 2 is 0.680 bits per heavy atom. The second-order valence-corrected chi connectivity index (χ2v) is 26.1. The predicted molar refractivity (Wildman–Crippen MR) is 399 cm³/mol. The van der Waals surface area contributed by atoms with Gasteiger partial charge in [-0.3, -0.25) is 45.0 Å². The van der Waals surface area contributed by atoms with E-state index in [0.29, 0.717) is 90.1 Å². The lowest BCUT2D eigenvalue weighted by atomic mass is 9.97. The molecule has 3 saturated heterocycles. The summed E-state index contributed by atoms with van der Waals surface area (Å²) in [6.45, 7) is 8.62. The number of piperazine rings is 1. The number of carbonyl (C=O) groups is 6. The Labute approximate surface area is 602 Å². The van der Waals surface area contributed by atoms with Crippen LogP contribution < -0.4 is 26.6 Å². The molecule has 0 aliphatic carbocycles. The lowest BCUT2D eigenvalue weighted by Crippen LogP contribution is -2.46. The van der Waals surface area contributed by atoms with E-state index < -0.39 is 0 Å². The second kappa shape index (κ2) is 36.0. The topological polar surface area (TPSA) is 283 Å². The average molecular weight is 1490 g/mol. The Kier molecular flexibility index (Phi) is 26.1. The molecule has 6 heterocycles. The fourth-order valence-corrected chi connectivity index (χ4v) is 12.1. The molecule has 0 unspecified atom stereocenters. The van der Waals surface area contributed by atoms with Crippen molar-refractivity contribution in [1.82, 2.24) is 40.3 Å². The normalized spacial score (nSPS) is 13.5. The van der Waals surface area contributed by atoms with E-state index in [1.807, 2.05) is 59.5 Å². The molecule has 20 nitrogen and oxygen atoms in total. The molecule has 23 heteroatoms. The fourth-order valence-electron chi connectivity index (χ4n) is 11.5. The molecular weight excluding hydrogens is 1410 g/mol. The smallest absolute Gasteiger partial charge is 0.257 e. The number of piperidine rings is 1. The van der Waals surface area contributed by atoms with E-state index in [0.717, 1.165) is 110 Å². The highest BCUT2D eigenvalue weighted by atomic mass is 79.9. The molecule has 3 aliphatic heterocycles. The van der Waals surface area contributed by atoms with E-state index in [2.05, 4.69) is 83.2 Å². The number of ketones is 3. The summed E-state index contributed by atoms with van der Waals surface area (Å²) >= 11 is 12.5. The van der Waals surface area contributed by atoms with E-state index in [1.54, 1.807) is 140 Å². The van der Waals surface area contributed by atoms with Crippen molar-refractivity contribution >= 4 is 113 Å². The molecule has 0 atom stereocenters. The molecule has 510 valence electrons. The molecule has 6 aromatic carbocycles. The van der Waals surface area contributed by atoms with Crippen LogP contribution in [-0.2, 0) is 19.3 Å². The molecule has 0 spiro atoms. The zero-order valence-electron chi connectivity index (χ0n) is 54.8. The van der Waals surface area contributed by atoms with Gasteiger partial charge in [-0.2, -0.15) is 0 Å². The van der Waals surface area contributed by atoms with Gasteiger partial charge in [-0.15, -0.1) is 0 Å². The van der Waals surface area contributed by atoms with Gasteiger partial charge in [0.2, 0.25) is 0 Å². The number of benzene rings is 6. The van der Waals surface area contributed by atoms with Gasteiger partial charge < -0.3 is 41.3 Å². The first kappa shape index (κ1) is 72.5. The zero-order valence-corrected chi connectivity index (χ0v) is 58.8. The summed E-state index contributed by atoms with van der Waals surface area (Å²) in [4.78, 5) is 95.9. The third-order valence-corrected chi connectivity index (χ3v) is 18.1. The maximum Gasteiger partial charge on any atom is 0.257 e. The quantitative estimate of drug-likeness (QED) is 0.0225. The number of anilines is 3. The van der Waals surface area contributed by atoms with Gasteiger partial charge >= 0.3 is 0 Å². The maximum atomic E-state index is 13.0. The summed E-state index contributed by atoms with van der Waals surface area (Å²) in [5.74, 6) is 1.50. The van der Waals surface area contributed by atoms with Gasteiger partial charge in [0.05, 0.1) is 5.02 Å². The molecule has 9 aromatic rings. The van der Waals surface area contributed by atoms with Crippen molar-refractivity contribution < 1.29 is 28.8 Å². The largest absolute Gasteiger partial charge is 0.357 e. The van der Waals surface area contributed by atoms with Crippen molar-refractivity contribution in [3.05, 3.63) is 281 Å². The monoisotopic (exact) mass is 1480 g/mol. The van der Waals surface area contributed by atoms with E-state index in [-0.39, 0.29) is 54.3 Å². The van der Waals surface area contributed by atoms with Crippen LogP contribution in [0.5, 0.6) is 0 Å². The molecule has 3 aromatic heterocycles. The Morgan fingerprint density at radius 1 is 0.370 bits per heavy atom. The van der Waals surface area contributed by atoms with Crippen LogP contribution >= 0.6 is 43.5 Å². The number of hydrogen-bond donors (Lipinski definition) is 8. The minimum atomic E-state index is -0.335. The summed E-state index contributed by atoms with van der Waals surface area (Å²) < 4.78 is 1.64. The number of likely N-dealkylation sites (tertiary alicyclic amines) is 1. The van der Waals surface area contributed by atoms with E-state index >= 15 is 0 Å². The molecule has 3 fully saturated rings. The highest BCUT2D eigenvalue weighted by Crippen LogP contribution is 2.23. The third kappa shape index (κ3) is 20.4. The van der Waals surface area contributed by atoms with Gasteiger partial charge in [-0.05, 0) is 135 Å². The number of carbonyl (C=O) groups excluding carboxylic acids is 6. The maximum absolute atomic E-state index is 13.0. The van der Waals surface area contributed by atoms with Crippen molar-refractivity contribution in [3.63, 3.8) is 0 Å². The molecule has 12 rings (SSSR count). The molecule has 3 amide bonds. The van der Waals surface area contributed by atoms with Crippen LogP contribution in [-0.4, -0.2) is 148 Å². The summed E-state index contributed by atoms with van der Waals surface area (Å²) in [5.41, 5.74) is 7.28. The fraction of sp³-hybridized carbons (Fsp3) is 0.221. The number of amides is 3. The summed E-state index contributed by atoms with van der Waals surface area (Å²) in [5, 5.41) is 40.8. The number of Topliss-reactive ketones (excluding diaryl/α,β-unsaturated/α-hetero) is 3. The summed E-state index contributed by atoms with van der Waals surface area (Å²) in [6.07, 6.45) is 9.42. The average Bonchev–Trinajstić information content (AvgIpc) is 0.865. The van der Waals surface area contributed by atoms with Gasteiger partial charge in [0.1, 0.15) is 35.0 Å². The van der Waals surface area contributed by atoms with Crippen LogP contribution in [0.25, 0.3) is 0 Å². The van der Waals surface area contributed by atoms with E-state index in [4.69, 9.17) is 27.8 Å². The minimum absolute atomic E-state index is 0.0842. The van der Waals surface area contributed by atoms with E-state index in [9.17, 15) is 28.8 Å². The summed E-state index contributed by atoms with van der Waals surface area (Å²) in [6, 6.07) is 53.0. The van der Waals surface area contributed by atoms with Crippen LogP contribution in [0, 0.1) is 16.2 Å². The van der Waals surface area contributed by atoms with Crippen molar-refractivity contribution in [2.24, 2.45) is 0 Å². The first-order valence-corrected chi connectivity index (χ1v) is 34.8. The lowest BCUT2D eigenvalue weighted by molar-refractivity contribution is 0.0980. The van der Waals surface area contributed by atoms with Gasteiger partial charge in [-0.1, -0.05) is 139 Å². The van der Waals surface area contributed by atoms with Crippen LogP contribution in [0.3, 0.4) is 0 Å². The Morgan fingerprint density at radius 3 is 1.03 bits per heavy atom. The number of aromatic nitrogens is 3.